The van der Waals surface area contributed by atoms with E-state index in [1.54, 1.807) is 20.8 Å². The minimum atomic E-state index is -0.646. The molecule has 2 N–H and O–H groups in total. The molecule has 0 spiro atoms. The Morgan fingerprint density at radius 2 is 1.62 bits per heavy atom. The molecule has 1 rings (SSSR count). The second kappa shape index (κ2) is 11.4. The molecule has 1 fully saturated rings. The van der Waals surface area contributed by atoms with Crippen molar-refractivity contribution < 1.29 is 19.1 Å². The van der Waals surface area contributed by atoms with Gasteiger partial charge in [0.25, 0.3) is 0 Å². The monoisotopic (exact) mass is 372 g/mol. The number of carbonyl (C=O) groups excluding carboxylic acids is 2. The highest BCUT2D eigenvalue weighted by Gasteiger charge is 2.32. The zero-order valence-corrected chi connectivity index (χ0v) is 18.1. The Hall–Kier alpha value is -1.30. The van der Waals surface area contributed by atoms with Gasteiger partial charge in [-0.1, -0.05) is 34.1 Å². The summed E-state index contributed by atoms with van der Waals surface area (Å²) in [6.45, 7) is 17.1. The highest BCUT2D eigenvalue weighted by Crippen LogP contribution is 2.34. The first-order valence-corrected chi connectivity index (χ1v) is 9.98. The molecule has 1 aliphatic rings. The van der Waals surface area contributed by atoms with E-state index in [1.807, 2.05) is 41.5 Å². The van der Waals surface area contributed by atoms with Crippen LogP contribution in [0, 0.1) is 11.8 Å². The van der Waals surface area contributed by atoms with Gasteiger partial charge in [-0.15, -0.1) is 0 Å². The predicted molar refractivity (Wildman–Crippen MR) is 105 cm³/mol. The summed E-state index contributed by atoms with van der Waals surface area (Å²) in [7, 11) is 0. The first-order valence-electron chi connectivity index (χ1n) is 9.98. The van der Waals surface area contributed by atoms with Gasteiger partial charge in [-0.3, -0.25) is 4.79 Å². The van der Waals surface area contributed by atoms with E-state index in [2.05, 4.69) is 10.6 Å². The fourth-order valence-corrected chi connectivity index (χ4v) is 2.46. The van der Waals surface area contributed by atoms with Crippen molar-refractivity contribution in [1.82, 2.24) is 10.6 Å². The molecule has 2 amide bonds. The molecule has 26 heavy (non-hydrogen) atoms. The Balaban J connectivity index is 0.00000301. The second-order valence-corrected chi connectivity index (χ2v) is 7.84. The van der Waals surface area contributed by atoms with Crippen molar-refractivity contribution in [3.8, 4) is 0 Å². The highest BCUT2D eigenvalue weighted by molar-refractivity contribution is 5.86. The van der Waals surface area contributed by atoms with E-state index in [4.69, 9.17) is 9.47 Å². The van der Waals surface area contributed by atoms with Crippen molar-refractivity contribution in [1.29, 1.82) is 0 Å². The van der Waals surface area contributed by atoms with Gasteiger partial charge < -0.3 is 20.1 Å². The van der Waals surface area contributed by atoms with Gasteiger partial charge >= 0.3 is 6.09 Å². The zero-order chi connectivity index (χ0) is 20.5. The van der Waals surface area contributed by atoms with Crippen LogP contribution in [0.3, 0.4) is 0 Å². The molecule has 0 aliphatic heterocycles. The Kier molecular flexibility index (Phi) is 10.8. The van der Waals surface area contributed by atoms with Crippen molar-refractivity contribution in [2.24, 2.45) is 11.8 Å². The van der Waals surface area contributed by atoms with Crippen molar-refractivity contribution in [2.45, 2.75) is 106 Å². The molecule has 0 aromatic rings. The van der Waals surface area contributed by atoms with E-state index >= 15 is 0 Å². The smallest absolute Gasteiger partial charge is 0.408 e. The third-order valence-corrected chi connectivity index (χ3v) is 4.22. The molecule has 0 radical (unpaired) electrons. The Labute approximate surface area is 159 Å². The van der Waals surface area contributed by atoms with E-state index in [1.165, 1.54) is 12.8 Å². The summed E-state index contributed by atoms with van der Waals surface area (Å²) >= 11 is 0. The molecular weight excluding hydrogens is 332 g/mol. The lowest BCUT2D eigenvalue weighted by molar-refractivity contribution is -0.130. The van der Waals surface area contributed by atoms with Gasteiger partial charge in [-0.25, -0.2) is 4.79 Å². The summed E-state index contributed by atoms with van der Waals surface area (Å²) in [5, 5.41) is 5.53. The van der Waals surface area contributed by atoms with Gasteiger partial charge in [0.1, 0.15) is 17.9 Å². The van der Waals surface area contributed by atoms with Crippen LogP contribution in [-0.2, 0) is 14.3 Å². The first-order chi connectivity index (χ1) is 12.0. The number of rotatable bonds is 8. The largest absolute Gasteiger partial charge is 0.444 e. The van der Waals surface area contributed by atoms with Gasteiger partial charge in [0, 0.05) is 0 Å². The number of nitrogens with one attached hydrogen (secondary N) is 2. The molecule has 6 nitrogen and oxygen atoms in total. The average molecular weight is 373 g/mol. The molecule has 0 aromatic carbocycles. The molecule has 4 atom stereocenters. The van der Waals surface area contributed by atoms with Gasteiger partial charge in [0.2, 0.25) is 5.91 Å². The third-order valence-electron chi connectivity index (χ3n) is 4.22. The van der Waals surface area contributed by atoms with Gasteiger partial charge in [-0.2, -0.15) is 0 Å². The van der Waals surface area contributed by atoms with Gasteiger partial charge in [0.15, 0.2) is 0 Å². The summed E-state index contributed by atoms with van der Waals surface area (Å²) in [6.07, 6.45) is 2.32. The summed E-state index contributed by atoms with van der Waals surface area (Å²) in [6, 6.07) is -0.646. The maximum Gasteiger partial charge on any atom is 0.408 e. The molecule has 0 saturated heterocycles. The van der Waals surface area contributed by atoms with Crippen LogP contribution in [0.25, 0.3) is 0 Å². The molecule has 0 heterocycles. The quantitative estimate of drug-likeness (QED) is 0.625. The van der Waals surface area contributed by atoms with Crippen LogP contribution in [0.4, 0.5) is 4.79 Å². The summed E-state index contributed by atoms with van der Waals surface area (Å²) in [5.41, 5.74) is -0.601. The lowest BCUT2D eigenvalue weighted by atomic mass is 9.98. The molecule has 2 unspecified atom stereocenters. The summed E-state index contributed by atoms with van der Waals surface area (Å²) in [4.78, 5) is 24.6. The molecule has 0 bridgehead atoms. The maximum atomic E-state index is 12.6. The molecule has 1 aliphatic carbocycles. The molecule has 6 heteroatoms. The summed E-state index contributed by atoms with van der Waals surface area (Å²) < 4.78 is 11.1. The van der Waals surface area contributed by atoms with Crippen LogP contribution in [-0.4, -0.2) is 36.0 Å². The second-order valence-electron chi connectivity index (χ2n) is 7.84. The topological polar surface area (TPSA) is 76.7 Å². The van der Waals surface area contributed by atoms with Gasteiger partial charge in [-0.05, 0) is 59.3 Å². The van der Waals surface area contributed by atoms with E-state index in [-0.39, 0.29) is 24.2 Å². The minimum Gasteiger partial charge on any atom is -0.444 e. The van der Waals surface area contributed by atoms with E-state index < -0.39 is 17.7 Å². The van der Waals surface area contributed by atoms with Crippen LogP contribution < -0.4 is 10.6 Å². The Morgan fingerprint density at radius 3 is 2.04 bits per heavy atom. The maximum absolute atomic E-state index is 12.6. The number of amides is 2. The molecule has 1 saturated carbocycles. The van der Waals surface area contributed by atoms with Crippen molar-refractivity contribution >= 4 is 12.0 Å². The van der Waals surface area contributed by atoms with Crippen molar-refractivity contribution in [2.75, 3.05) is 0 Å². The number of alkyl carbamates (subject to hydrolysis) is 1. The van der Waals surface area contributed by atoms with Crippen LogP contribution in [0.15, 0.2) is 0 Å². The van der Waals surface area contributed by atoms with Crippen LogP contribution in [0.2, 0.25) is 0 Å². The van der Waals surface area contributed by atoms with E-state index in [0.717, 1.165) is 6.42 Å². The van der Waals surface area contributed by atoms with Crippen molar-refractivity contribution in [3.63, 3.8) is 0 Å². The third kappa shape index (κ3) is 10.00. The SMILES string of the molecule is CC.CC[C@H](C)[C@H](NC(=O)OC(C)(C)C)C(=O)NC(C)OC(C)C1CC1. The van der Waals surface area contributed by atoms with E-state index in [0.29, 0.717) is 5.92 Å². The van der Waals surface area contributed by atoms with Crippen LogP contribution >= 0.6 is 0 Å². The zero-order valence-electron chi connectivity index (χ0n) is 18.1. The molecular formula is C20H40N2O4. The average Bonchev–Trinajstić information content (AvgIpc) is 3.36. The summed E-state index contributed by atoms with van der Waals surface area (Å²) in [5.74, 6) is 0.353. The van der Waals surface area contributed by atoms with Crippen LogP contribution in [0.1, 0.15) is 81.6 Å². The Morgan fingerprint density at radius 1 is 1.08 bits per heavy atom. The van der Waals surface area contributed by atoms with E-state index in [9.17, 15) is 9.59 Å². The van der Waals surface area contributed by atoms with Crippen LogP contribution in [0.5, 0.6) is 0 Å². The normalized spacial score (nSPS) is 18.5. The minimum absolute atomic E-state index is 0.00873. The first kappa shape index (κ1) is 24.7. The van der Waals surface area contributed by atoms with Crippen molar-refractivity contribution in [3.05, 3.63) is 0 Å². The number of ether oxygens (including phenoxy) is 2. The number of hydrogen-bond donors (Lipinski definition) is 2. The number of hydrogen-bond acceptors (Lipinski definition) is 4. The molecule has 0 aromatic heterocycles. The Bertz CT molecular complexity index is 430. The van der Waals surface area contributed by atoms with Gasteiger partial charge in [0.05, 0.1) is 6.10 Å². The highest BCUT2D eigenvalue weighted by atomic mass is 16.6. The number of carbonyl (C=O) groups is 2. The lowest BCUT2D eigenvalue weighted by Crippen LogP contribution is -2.53. The standard InChI is InChI=1S/C18H34N2O4.C2H6/c1-8-11(2)15(20-17(22)24-18(5,6)7)16(21)19-13(4)23-12(3)14-9-10-14;1-2/h11-15H,8-10H2,1-7H3,(H,19,21)(H,20,22);1-2H3/t11-,12?,13?,15-;/m0./s1. The molecule has 154 valence electrons. The predicted octanol–water partition coefficient (Wildman–Crippen LogP) is 4.23. The fourth-order valence-electron chi connectivity index (χ4n) is 2.46. The fraction of sp³-hybridized carbons (Fsp3) is 0.900. The lowest BCUT2D eigenvalue weighted by Gasteiger charge is -2.28.